The zero-order chi connectivity index (χ0) is 18.4. The monoisotopic (exact) mass is 338 g/mol. The highest BCUT2D eigenvalue weighted by atomic mass is 16.1. The second kappa shape index (κ2) is 7.97. The van der Waals surface area contributed by atoms with Crippen LogP contribution in [-0.4, -0.2) is 18.2 Å². The van der Waals surface area contributed by atoms with Gasteiger partial charge in [0.05, 0.1) is 0 Å². The molecule has 0 aromatic heterocycles. The molecule has 4 nitrogen and oxygen atoms in total. The van der Waals surface area contributed by atoms with Crippen LogP contribution < -0.4 is 10.6 Å². The summed E-state index contributed by atoms with van der Waals surface area (Å²) in [4.78, 5) is 23.4. The molecule has 0 radical (unpaired) electrons. The van der Waals surface area contributed by atoms with Crippen LogP contribution in [0.2, 0.25) is 0 Å². The van der Waals surface area contributed by atoms with E-state index >= 15 is 0 Å². The molecule has 0 aliphatic rings. The number of nitrogens with one attached hydrogen (secondary N) is 2. The molecule has 0 unspecified atom stereocenters. The highest BCUT2D eigenvalue weighted by molar-refractivity contribution is 5.97. The van der Waals surface area contributed by atoms with Crippen LogP contribution in [0.4, 0.5) is 11.4 Å². The lowest BCUT2D eigenvalue weighted by Crippen LogP contribution is -2.16. The lowest BCUT2D eigenvalue weighted by molar-refractivity contribution is -0.115. The van der Waals surface area contributed by atoms with Crippen molar-refractivity contribution >= 4 is 23.1 Å². The van der Waals surface area contributed by atoms with Gasteiger partial charge in [-0.25, -0.2) is 0 Å². The van der Waals surface area contributed by atoms with E-state index in [0.29, 0.717) is 24.2 Å². The Hall–Kier alpha value is -2.62. The van der Waals surface area contributed by atoms with Crippen molar-refractivity contribution in [2.45, 2.75) is 39.5 Å². The summed E-state index contributed by atoms with van der Waals surface area (Å²) in [5.74, 6) is -0.101. The van der Waals surface area contributed by atoms with Gasteiger partial charge in [-0.3, -0.25) is 9.59 Å². The zero-order valence-corrected chi connectivity index (χ0v) is 15.3. The van der Waals surface area contributed by atoms with E-state index in [1.807, 2.05) is 12.1 Å². The Balaban J connectivity index is 1.82. The minimum Gasteiger partial charge on any atom is -0.385 e. The topological polar surface area (TPSA) is 58.2 Å². The number of Topliss-reactive ketones (excluding diaryl/α,β-unsaturated/α-hetero) is 1. The van der Waals surface area contributed by atoms with E-state index in [2.05, 4.69) is 43.5 Å². The maximum Gasteiger partial charge on any atom is 0.226 e. The Bertz CT molecular complexity index is 743. The molecule has 0 aliphatic carbocycles. The number of hydrogen-bond acceptors (Lipinski definition) is 3. The van der Waals surface area contributed by atoms with Crippen LogP contribution in [0.3, 0.4) is 0 Å². The van der Waals surface area contributed by atoms with E-state index in [1.54, 1.807) is 24.3 Å². The highest BCUT2D eigenvalue weighted by Crippen LogP contribution is 2.23. The molecule has 1 amide bonds. The lowest BCUT2D eigenvalue weighted by Gasteiger charge is -2.19. The fourth-order valence-corrected chi connectivity index (χ4v) is 2.45. The van der Waals surface area contributed by atoms with Crippen molar-refractivity contribution in [2.75, 3.05) is 17.2 Å². The van der Waals surface area contributed by atoms with Crippen molar-refractivity contribution in [3.63, 3.8) is 0 Å². The number of amides is 1. The van der Waals surface area contributed by atoms with Gasteiger partial charge in [-0.2, -0.15) is 0 Å². The van der Waals surface area contributed by atoms with Gasteiger partial charge in [0, 0.05) is 29.9 Å². The van der Waals surface area contributed by atoms with Gasteiger partial charge in [-0.15, -0.1) is 0 Å². The molecule has 2 aromatic carbocycles. The summed E-state index contributed by atoms with van der Waals surface area (Å²) in [6.07, 6.45) is 0.353. The van der Waals surface area contributed by atoms with Gasteiger partial charge in [0.2, 0.25) is 5.91 Å². The molecule has 0 fully saturated rings. The highest BCUT2D eigenvalue weighted by Gasteiger charge is 2.12. The SMILES string of the molecule is CC(=O)c1cccc(NC(=O)CCNc2ccc(C(C)(C)C)cc2)c1. The summed E-state index contributed by atoms with van der Waals surface area (Å²) in [5.41, 5.74) is 3.65. The number of anilines is 2. The molecular weight excluding hydrogens is 312 g/mol. The fourth-order valence-electron chi connectivity index (χ4n) is 2.45. The summed E-state index contributed by atoms with van der Waals surface area (Å²) in [7, 11) is 0. The normalized spacial score (nSPS) is 11.0. The van der Waals surface area contributed by atoms with E-state index < -0.39 is 0 Å². The molecule has 2 aromatic rings. The van der Waals surface area contributed by atoms with Crippen molar-refractivity contribution in [2.24, 2.45) is 0 Å². The lowest BCUT2D eigenvalue weighted by atomic mass is 9.87. The smallest absolute Gasteiger partial charge is 0.226 e. The van der Waals surface area contributed by atoms with Gasteiger partial charge in [-0.1, -0.05) is 45.0 Å². The van der Waals surface area contributed by atoms with E-state index in [4.69, 9.17) is 0 Å². The summed E-state index contributed by atoms with van der Waals surface area (Å²) in [6.45, 7) is 8.60. The molecule has 0 bridgehead atoms. The average Bonchev–Trinajstić information content (AvgIpc) is 2.54. The van der Waals surface area contributed by atoms with Crippen LogP contribution >= 0.6 is 0 Å². The zero-order valence-electron chi connectivity index (χ0n) is 15.3. The predicted octanol–water partition coefficient (Wildman–Crippen LogP) is 4.63. The quantitative estimate of drug-likeness (QED) is 0.755. The van der Waals surface area contributed by atoms with Crippen LogP contribution in [0.15, 0.2) is 48.5 Å². The van der Waals surface area contributed by atoms with Crippen molar-refractivity contribution in [1.82, 2.24) is 0 Å². The van der Waals surface area contributed by atoms with Crippen molar-refractivity contribution in [3.8, 4) is 0 Å². The van der Waals surface area contributed by atoms with Crippen LogP contribution in [0, 0.1) is 0 Å². The Morgan fingerprint density at radius 1 is 0.960 bits per heavy atom. The minimum absolute atomic E-state index is 0.0172. The molecule has 0 saturated carbocycles. The second-order valence-corrected chi connectivity index (χ2v) is 7.19. The van der Waals surface area contributed by atoms with E-state index in [9.17, 15) is 9.59 Å². The molecule has 0 saturated heterocycles. The molecule has 0 atom stereocenters. The van der Waals surface area contributed by atoms with Crippen molar-refractivity contribution in [3.05, 3.63) is 59.7 Å². The van der Waals surface area contributed by atoms with Crippen LogP contribution in [0.25, 0.3) is 0 Å². The van der Waals surface area contributed by atoms with E-state index in [0.717, 1.165) is 5.69 Å². The van der Waals surface area contributed by atoms with Gasteiger partial charge >= 0.3 is 0 Å². The maximum absolute atomic E-state index is 12.0. The summed E-state index contributed by atoms with van der Waals surface area (Å²) in [5, 5.41) is 6.08. The molecular formula is C21H26N2O2. The van der Waals surface area contributed by atoms with Crippen molar-refractivity contribution in [1.29, 1.82) is 0 Å². The third-order valence-electron chi connectivity index (χ3n) is 3.98. The molecule has 25 heavy (non-hydrogen) atoms. The number of rotatable bonds is 6. The third kappa shape index (κ3) is 5.75. The van der Waals surface area contributed by atoms with Gasteiger partial charge in [0.1, 0.15) is 0 Å². The Morgan fingerprint density at radius 3 is 2.24 bits per heavy atom. The number of benzene rings is 2. The first-order valence-corrected chi connectivity index (χ1v) is 8.51. The Kier molecular flexibility index (Phi) is 5.97. The standard InChI is InChI=1S/C21H26N2O2/c1-15(24)16-6-5-7-19(14-16)23-20(25)12-13-22-18-10-8-17(9-11-18)21(2,3)4/h5-11,14,22H,12-13H2,1-4H3,(H,23,25). The molecule has 4 heteroatoms. The molecule has 2 N–H and O–H groups in total. The summed E-state index contributed by atoms with van der Waals surface area (Å²) < 4.78 is 0. The van der Waals surface area contributed by atoms with Gasteiger partial charge < -0.3 is 10.6 Å². The van der Waals surface area contributed by atoms with Crippen LogP contribution in [-0.2, 0) is 10.2 Å². The van der Waals surface area contributed by atoms with Crippen LogP contribution in [0.1, 0.15) is 50.0 Å². The molecule has 0 aliphatic heterocycles. The van der Waals surface area contributed by atoms with Gasteiger partial charge in [0.15, 0.2) is 5.78 Å². The number of carbonyl (C=O) groups is 2. The van der Waals surface area contributed by atoms with Gasteiger partial charge in [0.25, 0.3) is 0 Å². The molecule has 2 rings (SSSR count). The molecule has 132 valence electrons. The maximum atomic E-state index is 12.0. The first-order valence-electron chi connectivity index (χ1n) is 8.51. The van der Waals surface area contributed by atoms with Gasteiger partial charge in [-0.05, 0) is 42.2 Å². The molecule has 0 spiro atoms. The molecule has 0 heterocycles. The third-order valence-corrected chi connectivity index (χ3v) is 3.98. The second-order valence-electron chi connectivity index (χ2n) is 7.19. The van der Waals surface area contributed by atoms with Crippen LogP contribution in [0.5, 0.6) is 0 Å². The average molecular weight is 338 g/mol. The Morgan fingerprint density at radius 2 is 1.64 bits per heavy atom. The number of ketones is 1. The predicted molar refractivity (Wildman–Crippen MR) is 103 cm³/mol. The fraction of sp³-hybridized carbons (Fsp3) is 0.333. The van der Waals surface area contributed by atoms with Crippen molar-refractivity contribution < 1.29 is 9.59 Å². The minimum atomic E-state index is -0.0838. The largest absolute Gasteiger partial charge is 0.385 e. The first kappa shape index (κ1) is 18.7. The first-order chi connectivity index (χ1) is 11.8. The van der Waals surface area contributed by atoms with E-state index in [1.165, 1.54) is 12.5 Å². The number of carbonyl (C=O) groups excluding carboxylic acids is 2. The summed E-state index contributed by atoms with van der Waals surface area (Å²) in [6, 6.07) is 15.3. The summed E-state index contributed by atoms with van der Waals surface area (Å²) >= 11 is 0. The number of hydrogen-bond donors (Lipinski definition) is 2. The van der Waals surface area contributed by atoms with E-state index in [-0.39, 0.29) is 17.1 Å². The Labute approximate surface area is 149 Å².